The first kappa shape index (κ1) is 19.1. The number of hydrogen-bond donors (Lipinski definition) is 2. The maximum atomic E-state index is 12.6. The van der Waals surface area contributed by atoms with Gasteiger partial charge in [-0.05, 0) is 53.6 Å². The third-order valence-electron chi connectivity index (χ3n) is 4.58. The molecule has 30 heavy (non-hydrogen) atoms. The number of aromatic nitrogens is 1. The highest BCUT2D eigenvalue weighted by Gasteiger charge is 2.09. The Morgan fingerprint density at radius 3 is 1.70 bits per heavy atom. The van der Waals surface area contributed by atoms with Crippen LogP contribution in [0.3, 0.4) is 0 Å². The molecule has 5 heteroatoms. The Balaban J connectivity index is 1.43. The fourth-order valence-corrected chi connectivity index (χ4v) is 3.03. The minimum atomic E-state index is -0.239. The van der Waals surface area contributed by atoms with E-state index < -0.39 is 0 Å². The van der Waals surface area contributed by atoms with Gasteiger partial charge in [0, 0.05) is 34.9 Å². The Kier molecular flexibility index (Phi) is 5.62. The molecule has 1 aromatic heterocycles. The summed E-state index contributed by atoms with van der Waals surface area (Å²) < 4.78 is 0. The lowest BCUT2D eigenvalue weighted by atomic mass is 10.0. The molecule has 5 nitrogen and oxygen atoms in total. The van der Waals surface area contributed by atoms with Crippen molar-refractivity contribution in [2.45, 2.75) is 0 Å². The zero-order valence-corrected chi connectivity index (χ0v) is 16.1. The first-order chi connectivity index (χ1) is 14.7. The molecule has 1 heterocycles. The summed E-state index contributed by atoms with van der Waals surface area (Å²) in [6.07, 6.45) is 3.13. The van der Waals surface area contributed by atoms with Gasteiger partial charge in [-0.1, -0.05) is 48.5 Å². The summed E-state index contributed by atoms with van der Waals surface area (Å²) in [4.78, 5) is 28.8. The Bertz CT molecular complexity index is 1160. The summed E-state index contributed by atoms with van der Waals surface area (Å²) in [6, 6.07) is 27.8. The van der Waals surface area contributed by atoms with Gasteiger partial charge in [0.25, 0.3) is 11.8 Å². The van der Waals surface area contributed by atoms with Crippen LogP contribution in [0.2, 0.25) is 0 Å². The first-order valence-corrected chi connectivity index (χ1v) is 9.47. The summed E-state index contributed by atoms with van der Waals surface area (Å²) in [5, 5.41) is 5.69. The summed E-state index contributed by atoms with van der Waals surface area (Å²) in [5.41, 5.74) is 4.41. The number of anilines is 2. The van der Waals surface area contributed by atoms with Gasteiger partial charge in [-0.3, -0.25) is 14.6 Å². The Morgan fingerprint density at radius 2 is 1.10 bits per heavy atom. The van der Waals surface area contributed by atoms with Gasteiger partial charge in [-0.2, -0.15) is 0 Å². The Hall–Kier alpha value is -4.25. The SMILES string of the molecule is O=C(Nc1cccc(NC(=O)c2ccc(-c3ccccc3)cc2)c1)c1ccncc1. The third kappa shape index (κ3) is 4.59. The van der Waals surface area contributed by atoms with Gasteiger partial charge < -0.3 is 10.6 Å². The molecule has 146 valence electrons. The van der Waals surface area contributed by atoms with Crippen molar-refractivity contribution in [2.24, 2.45) is 0 Å². The molecule has 4 rings (SSSR count). The quantitative estimate of drug-likeness (QED) is 0.486. The maximum absolute atomic E-state index is 12.6. The molecule has 0 radical (unpaired) electrons. The van der Waals surface area contributed by atoms with Crippen LogP contribution >= 0.6 is 0 Å². The predicted molar refractivity (Wildman–Crippen MR) is 118 cm³/mol. The van der Waals surface area contributed by atoms with Crippen molar-refractivity contribution in [1.82, 2.24) is 4.98 Å². The largest absolute Gasteiger partial charge is 0.322 e. The van der Waals surface area contributed by atoms with E-state index in [4.69, 9.17) is 0 Å². The molecule has 0 saturated carbocycles. The highest BCUT2D eigenvalue weighted by atomic mass is 16.2. The first-order valence-electron chi connectivity index (χ1n) is 9.47. The third-order valence-corrected chi connectivity index (χ3v) is 4.58. The topological polar surface area (TPSA) is 71.1 Å². The normalized spacial score (nSPS) is 10.3. The van der Waals surface area contributed by atoms with E-state index in [9.17, 15) is 9.59 Å². The minimum Gasteiger partial charge on any atom is -0.322 e. The fraction of sp³-hybridized carbons (Fsp3) is 0. The van der Waals surface area contributed by atoms with Gasteiger partial charge in [0.2, 0.25) is 0 Å². The zero-order valence-electron chi connectivity index (χ0n) is 16.1. The van der Waals surface area contributed by atoms with Crippen LogP contribution in [0.15, 0.2) is 103 Å². The lowest BCUT2D eigenvalue weighted by molar-refractivity contribution is 0.101. The molecule has 4 aromatic rings. The molecule has 3 aromatic carbocycles. The molecule has 0 fully saturated rings. The van der Waals surface area contributed by atoms with Crippen molar-refractivity contribution in [3.8, 4) is 11.1 Å². The minimum absolute atomic E-state index is 0.216. The summed E-state index contributed by atoms with van der Waals surface area (Å²) in [5.74, 6) is -0.454. The zero-order chi connectivity index (χ0) is 20.8. The van der Waals surface area contributed by atoms with Gasteiger partial charge in [0.15, 0.2) is 0 Å². The molecule has 2 amide bonds. The maximum Gasteiger partial charge on any atom is 0.255 e. The molecule has 0 spiro atoms. The van der Waals surface area contributed by atoms with Gasteiger partial charge in [-0.25, -0.2) is 0 Å². The molecule has 0 aliphatic carbocycles. The number of rotatable bonds is 5. The Morgan fingerprint density at radius 1 is 0.567 bits per heavy atom. The molecule has 0 unspecified atom stereocenters. The highest BCUT2D eigenvalue weighted by Crippen LogP contribution is 2.21. The molecule has 0 aliphatic heterocycles. The van der Waals surface area contributed by atoms with Gasteiger partial charge >= 0.3 is 0 Å². The van der Waals surface area contributed by atoms with Crippen LogP contribution in [-0.4, -0.2) is 16.8 Å². The smallest absolute Gasteiger partial charge is 0.255 e. The van der Waals surface area contributed by atoms with E-state index in [1.165, 1.54) is 0 Å². The molecule has 0 bridgehead atoms. The van der Waals surface area contributed by atoms with Crippen LogP contribution in [0.25, 0.3) is 11.1 Å². The molecule has 0 saturated heterocycles. The molecular weight excluding hydrogens is 374 g/mol. The van der Waals surface area contributed by atoms with Crippen LogP contribution in [0, 0.1) is 0 Å². The number of pyridine rings is 1. The molecule has 0 aliphatic rings. The van der Waals surface area contributed by atoms with Crippen molar-refractivity contribution in [3.05, 3.63) is 115 Å². The summed E-state index contributed by atoms with van der Waals surface area (Å²) in [7, 11) is 0. The lowest BCUT2D eigenvalue weighted by Gasteiger charge is -2.09. The molecule has 2 N–H and O–H groups in total. The van der Waals surface area contributed by atoms with Crippen molar-refractivity contribution < 1.29 is 9.59 Å². The fourth-order valence-electron chi connectivity index (χ4n) is 3.03. The van der Waals surface area contributed by atoms with Crippen molar-refractivity contribution in [1.29, 1.82) is 0 Å². The average Bonchev–Trinajstić information content (AvgIpc) is 2.80. The second kappa shape index (κ2) is 8.84. The van der Waals surface area contributed by atoms with Crippen LogP contribution < -0.4 is 10.6 Å². The van der Waals surface area contributed by atoms with Gasteiger partial charge in [-0.15, -0.1) is 0 Å². The van der Waals surface area contributed by atoms with E-state index in [1.807, 2.05) is 42.5 Å². The van der Waals surface area contributed by atoms with E-state index in [-0.39, 0.29) is 11.8 Å². The van der Waals surface area contributed by atoms with Crippen molar-refractivity contribution >= 4 is 23.2 Å². The van der Waals surface area contributed by atoms with E-state index in [2.05, 4.69) is 15.6 Å². The number of amides is 2. The van der Waals surface area contributed by atoms with Crippen LogP contribution in [0.5, 0.6) is 0 Å². The lowest BCUT2D eigenvalue weighted by Crippen LogP contribution is -2.14. The van der Waals surface area contributed by atoms with E-state index in [1.54, 1.807) is 60.9 Å². The molecular formula is C25H19N3O2. The number of carbonyl (C=O) groups is 2. The van der Waals surface area contributed by atoms with Crippen molar-refractivity contribution in [3.63, 3.8) is 0 Å². The van der Waals surface area contributed by atoms with Gasteiger partial charge in [0.05, 0.1) is 0 Å². The Labute approximate surface area is 174 Å². The van der Waals surface area contributed by atoms with Gasteiger partial charge in [0.1, 0.15) is 0 Å². The predicted octanol–water partition coefficient (Wildman–Crippen LogP) is 5.25. The average molecular weight is 393 g/mol. The summed E-state index contributed by atoms with van der Waals surface area (Å²) >= 11 is 0. The number of benzene rings is 3. The van der Waals surface area contributed by atoms with E-state index >= 15 is 0 Å². The van der Waals surface area contributed by atoms with E-state index in [0.29, 0.717) is 22.5 Å². The highest BCUT2D eigenvalue weighted by molar-refractivity contribution is 6.06. The van der Waals surface area contributed by atoms with Crippen LogP contribution in [0.1, 0.15) is 20.7 Å². The standard InChI is InChI=1S/C25H19N3O2/c29-24(20-11-9-19(10-12-20)18-5-2-1-3-6-18)27-22-7-4-8-23(17-22)28-25(30)21-13-15-26-16-14-21/h1-17H,(H,27,29)(H,28,30). The van der Waals surface area contributed by atoms with Crippen LogP contribution in [0.4, 0.5) is 11.4 Å². The second-order valence-electron chi connectivity index (χ2n) is 6.67. The second-order valence-corrected chi connectivity index (χ2v) is 6.67. The van der Waals surface area contributed by atoms with Crippen LogP contribution in [-0.2, 0) is 0 Å². The molecule has 0 atom stereocenters. The number of nitrogens with zero attached hydrogens (tertiary/aromatic N) is 1. The number of carbonyl (C=O) groups excluding carboxylic acids is 2. The number of hydrogen-bond acceptors (Lipinski definition) is 3. The van der Waals surface area contributed by atoms with Crippen molar-refractivity contribution in [2.75, 3.05) is 10.6 Å². The number of nitrogens with one attached hydrogen (secondary N) is 2. The van der Waals surface area contributed by atoms with E-state index in [0.717, 1.165) is 11.1 Å². The monoisotopic (exact) mass is 393 g/mol. The summed E-state index contributed by atoms with van der Waals surface area (Å²) in [6.45, 7) is 0.